The Morgan fingerprint density at radius 1 is 1.33 bits per heavy atom. The molecule has 3 nitrogen and oxygen atoms in total. The van der Waals surface area contributed by atoms with E-state index in [0.29, 0.717) is 12.0 Å². The van der Waals surface area contributed by atoms with E-state index in [1.54, 1.807) is 6.07 Å². The van der Waals surface area contributed by atoms with E-state index in [1.807, 2.05) is 18.2 Å². The van der Waals surface area contributed by atoms with Crippen molar-refractivity contribution in [3.63, 3.8) is 0 Å². The highest BCUT2D eigenvalue weighted by Gasteiger charge is 2.26. The quantitative estimate of drug-likeness (QED) is 0.835. The van der Waals surface area contributed by atoms with Crippen LogP contribution in [0.25, 0.3) is 10.9 Å². The second kappa shape index (κ2) is 4.16. The van der Waals surface area contributed by atoms with Crippen molar-refractivity contribution in [2.75, 3.05) is 0 Å². The van der Waals surface area contributed by atoms with Crippen molar-refractivity contribution in [1.29, 1.82) is 0 Å². The molecule has 2 unspecified atom stereocenters. The topological polar surface area (TPSA) is 42.1 Å². The number of rotatable bonds is 1. The van der Waals surface area contributed by atoms with Crippen LogP contribution < -0.4 is 10.3 Å². The molecular weight excluding hydrogens is 226 g/mol. The maximum Gasteiger partial charge on any atom is 0.248 e. The minimum atomic E-state index is -0.0572. The number of pyridine rings is 1. The Bertz CT molecular complexity index is 644. The van der Waals surface area contributed by atoms with Gasteiger partial charge in [-0.15, -0.1) is 0 Å². The number of hydrogen-bond acceptors (Lipinski definition) is 2. The second-order valence-electron chi connectivity index (χ2n) is 5.05. The van der Waals surface area contributed by atoms with Gasteiger partial charge >= 0.3 is 0 Å². The Hall–Kier alpha value is -1.77. The van der Waals surface area contributed by atoms with E-state index >= 15 is 0 Å². The van der Waals surface area contributed by atoms with E-state index in [2.05, 4.69) is 18.8 Å². The summed E-state index contributed by atoms with van der Waals surface area (Å²) >= 11 is 0. The first-order valence-corrected chi connectivity index (χ1v) is 6.51. The molecule has 0 saturated carbocycles. The van der Waals surface area contributed by atoms with Crippen LogP contribution in [0.3, 0.4) is 0 Å². The minimum Gasteiger partial charge on any atom is -0.490 e. The number of aromatic amines is 1. The van der Waals surface area contributed by atoms with Crippen LogP contribution in [0.15, 0.2) is 29.1 Å². The number of hydrogen-bond donors (Lipinski definition) is 1. The molecule has 3 rings (SSSR count). The number of H-pyrrole nitrogens is 1. The third-order valence-corrected chi connectivity index (χ3v) is 3.76. The van der Waals surface area contributed by atoms with Gasteiger partial charge in [-0.3, -0.25) is 4.79 Å². The Labute approximate surface area is 106 Å². The van der Waals surface area contributed by atoms with Crippen LogP contribution in [0, 0.1) is 0 Å². The fourth-order valence-corrected chi connectivity index (χ4v) is 2.84. The van der Waals surface area contributed by atoms with Gasteiger partial charge in [0.2, 0.25) is 5.56 Å². The molecule has 3 heteroatoms. The molecule has 2 heterocycles. The van der Waals surface area contributed by atoms with Gasteiger partial charge in [0.05, 0.1) is 6.10 Å². The van der Waals surface area contributed by atoms with Crippen LogP contribution in [0.1, 0.15) is 38.2 Å². The highest BCUT2D eigenvalue weighted by molar-refractivity contribution is 5.85. The van der Waals surface area contributed by atoms with E-state index in [0.717, 1.165) is 29.5 Å². The molecular formula is C15H17NO2. The normalized spacial score (nSPS) is 22.6. The van der Waals surface area contributed by atoms with Gasteiger partial charge in [-0.1, -0.05) is 13.8 Å². The smallest absolute Gasteiger partial charge is 0.248 e. The first-order valence-electron chi connectivity index (χ1n) is 6.51. The monoisotopic (exact) mass is 243 g/mol. The molecule has 0 bridgehead atoms. The van der Waals surface area contributed by atoms with Crippen molar-refractivity contribution in [1.82, 2.24) is 4.98 Å². The van der Waals surface area contributed by atoms with Crippen LogP contribution in [-0.2, 0) is 0 Å². The Morgan fingerprint density at radius 3 is 2.94 bits per heavy atom. The van der Waals surface area contributed by atoms with Crippen molar-refractivity contribution < 1.29 is 4.74 Å². The standard InChI is InChI=1S/C15H17NO2/c1-3-10-8-9(2)15-11-4-7-14(17)16-12(11)5-6-13(15)18-10/h4-7,9-10H,3,8H2,1-2H3,(H,16,17). The van der Waals surface area contributed by atoms with Gasteiger partial charge in [0.1, 0.15) is 5.75 Å². The summed E-state index contributed by atoms with van der Waals surface area (Å²) < 4.78 is 6.00. The van der Waals surface area contributed by atoms with Crippen molar-refractivity contribution >= 4 is 10.9 Å². The summed E-state index contributed by atoms with van der Waals surface area (Å²) in [5.41, 5.74) is 2.07. The van der Waals surface area contributed by atoms with Gasteiger partial charge in [0.15, 0.2) is 0 Å². The molecule has 0 radical (unpaired) electrons. The van der Waals surface area contributed by atoms with Gasteiger partial charge < -0.3 is 9.72 Å². The lowest BCUT2D eigenvalue weighted by Crippen LogP contribution is -2.24. The molecule has 1 aromatic heterocycles. The van der Waals surface area contributed by atoms with Crippen LogP contribution >= 0.6 is 0 Å². The molecule has 0 amide bonds. The van der Waals surface area contributed by atoms with E-state index < -0.39 is 0 Å². The lowest BCUT2D eigenvalue weighted by Gasteiger charge is -2.30. The van der Waals surface area contributed by atoms with Crippen LogP contribution in [-0.4, -0.2) is 11.1 Å². The summed E-state index contributed by atoms with van der Waals surface area (Å²) in [6, 6.07) is 7.40. The minimum absolute atomic E-state index is 0.0572. The average molecular weight is 243 g/mol. The summed E-state index contributed by atoms with van der Waals surface area (Å²) in [5.74, 6) is 1.44. The molecule has 1 aliphatic heterocycles. The molecule has 2 aromatic rings. The number of fused-ring (bicyclic) bond motifs is 3. The summed E-state index contributed by atoms with van der Waals surface area (Å²) in [6.45, 7) is 4.38. The molecule has 94 valence electrons. The first-order chi connectivity index (χ1) is 8.69. The van der Waals surface area contributed by atoms with E-state index in [-0.39, 0.29) is 5.56 Å². The fraction of sp³-hybridized carbons (Fsp3) is 0.400. The molecule has 0 aliphatic carbocycles. The molecule has 1 aliphatic rings. The van der Waals surface area contributed by atoms with Crippen molar-refractivity contribution in [3.8, 4) is 5.75 Å². The van der Waals surface area contributed by atoms with Crippen molar-refractivity contribution in [2.45, 2.75) is 38.7 Å². The summed E-state index contributed by atoms with van der Waals surface area (Å²) in [7, 11) is 0. The van der Waals surface area contributed by atoms with Gasteiger partial charge in [-0.25, -0.2) is 0 Å². The van der Waals surface area contributed by atoms with Gasteiger partial charge in [0, 0.05) is 22.5 Å². The predicted octanol–water partition coefficient (Wildman–Crippen LogP) is 3.19. The Balaban J connectivity index is 2.23. The molecule has 2 atom stereocenters. The SMILES string of the molecule is CCC1CC(C)c2c(ccc3[nH]c(=O)ccc23)O1. The lowest BCUT2D eigenvalue weighted by atomic mass is 9.88. The molecule has 1 N–H and O–H groups in total. The largest absolute Gasteiger partial charge is 0.490 e. The van der Waals surface area contributed by atoms with Crippen LogP contribution in [0.2, 0.25) is 0 Å². The maximum absolute atomic E-state index is 11.3. The van der Waals surface area contributed by atoms with Crippen LogP contribution in [0.4, 0.5) is 0 Å². The average Bonchev–Trinajstić information content (AvgIpc) is 2.37. The molecule has 18 heavy (non-hydrogen) atoms. The highest BCUT2D eigenvalue weighted by atomic mass is 16.5. The van der Waals surface area contributed by atoms with Gasteiger partial charge in [-0.2, -0.15) is 0 Å². The van der Waals surface area contributed by atoms with Crippen LogP contribution in [0.5, 0.6) is 5.75 Å². The zero-order valence-electron chi connectivity index (χ0n) is 10.7. The number of nitrogens with one attached hydrogen (secondary N) is 1. The van der Waals surface area contributed by atoms with Crippen molar-refractivity contribution in [3.05, 3.63) is 40.2 Å². The third kappa shape index (κ3) is 1.70. The molecule has 1 aromatic carbocycles. The molecule has 0 spiro atoms. The summed E-state index contributed by atoms with van der Waals surface area (Å²) in [4.78, 5) is 14.2. The maximum atomic E-state index is 11.3. The fourth-order valence-electron chi connectivity index (χ4n) is 2.84. The van der Waals surface area contributed by atoms with Gasteiger partial charge in [0.25, 0.3) is 0 Å². The predicted molar refractivity (Wildman–Crippen MR) is 72.3 cm³/mol. The number of ether oxygens (including phenoxy) is 1. The Morgan fingerprint density at radius 2 is 2.17 bits per heavy atom. The van der Waals surface area contributed by atoms with E-state index in [1.165, 1.54) is 5.56 Å². The Kier molecular flexibility index (Phi) is 2.62. The van der Waals surface area contributed by atoms with E-state index in [9.17, 15) is 4.79 Å². The second-order valence-corrected chi connectivity index (χ2v) is 5.05. The zero-order chi connectivity index (χ0) is 12.7. The highest BCUT2D eigenvalue weighted by Crippen LogP contribution is 2.40. The van der Waals surface area contributed by atoms with Gasteiger partial charge in [-0.05, 0) is 37.0 Å². The first kappa shape index (κ1) is 11.3. The number of benzene rings is 1. The molecule has 0 fully saturated rings. The third-order valence-electron chi connectivity index (χ3n) is 3.76. The summed E-state index contributed by atoms with van der Waals surface area (Å²) in [6.07, 6.45) is 2.39. The zero-order valence-corrected chi connectivity index (χ0v) is 10.7. The number of aromatic nitrogens is 1. The lowest BCUT2D eigenvalue weighted by molar-refractivity contribution is 0.158. The van der Waals surface area contributed by atoms with Crippen molar-refractivity contribution in [2.24, 2.45) is 0 Å². The molecule has 0 saturated heterocycles. The van der Waals surface area contributed by atoms with E-state index in [4.69, 9.17) is 4.74 Å². The summed E-state index contributed by atoms with van der Waals surface area (Å²) in [5, 5.41) is 1.11.